The van der Waals surface area contributed by atoms with Crippen LogP contribution >= 0.6 is 11.6 Å². The molecule has 0 bridgehead atoms. The lowest BCUT2D eigenvalue weighted by molar-refractivity contribution is -0.117. The highest BCUT2D eigenvalue weighted by Gasteiger charge is 2.26. The molecule has 28 heavy (non-hydrogen) atoms. The van der Waals surface area contributed by atoms with Gasteiger partial charge in [0, 0.05) is 23.5 Å². The van der Waals surface area contributed by atoms with E-state index in [4.69, 9.17) is 11.6 Å². The Labute approximate surface area is 168 Å². The van der Waals surface area contributed by atoms with Crippen LogP contribution in [-0.4, -0.2) is 24.9 Å². The standard InChI is InChI=1S/C21H23ClFN3O2/c1-21(2,15-10-9-14(23)12-16(15)22)24-13-19(27)25-17-6-3-4-7-18(17)26-11-5-8-20(26)28/h3-4,6-7,9-10,12,24H,5,8,11,13H2,1-2H3,(H,25,27). The molecule has 0 spiro atoms. The van der Waals surface area contributed by atoms with Gasteiger partial charge >= 0.3 is 0 Å². The molecule has 7 heteroatoms. The number of hydrogen-bond acceptors (Lipinski definition) is 3. The molecule has 1 aliphatic rings. The van der Waals surface area contributed by atoms with Crippen LogP contribution < -0.4 is 15.5 Å². The summed E-state index contributed by atoms with van der Waals surface area (Å²) in [6, 6.07) is 11.5. The van der Waals surface area contributed by atoms with E-state index in [2.05, 4.69) is 10.6 Å². The van der Waals surface area contributed by atoms with Crippen molar-refractivity contribution in [3.8, 4) is 0 Å². The van der Waals surface area contributed by atoms with Gasteiger partial charge in [-0.1, -0.05) is 29.8 Å². The molecule has 2 amide bonds. The van der Waals surface area contributed by atoms with Crippen LogP contribution in [-0.2, 0) is 15.1 Å². The molecule has 1 fully saturated rings. The number of amides is 2. The number of rotatable bonds is 6. The second-order valence-corrected chi connectivity index (χ2v) is 7.72. The zero-order valence-corrected chi connectivity index (χ0v) is 16.6. The van der Waals surface area contributed by atoms with E-state index in [9.17, 15) is 14.0 Å². The first kappa shape index (κ1) is 20.3. The normalized spacial score (nSPS) is 14.4. The predicted octanol–water partition coefficient (Wildman–Crippen LogP) is 4.07. The molecule has 2 N–H and O–H groups in total. The van der Waals surface area contributed by atoms with Gasteiger partial charge in [-0.3, -0.25) is 14.9 Å². The van der Waals surface area contributed by atoms with E-state index in [1.165, 1.54) is 12.1 Å². The summed E-state index contributed by atoms with van der Waals surface area (Å²) in [6.45, 7) is 4.43. The average Bonchev–Trinajstić information content (AvgIpc) is 3.06. The highest BCUT2D eigenvalue weighted by molar-refractivity contribution is 6.31. The molecule has 0 aromatic heterocycles. The molecule has 1 heterocycles. The smallest absolute Gasteiger partial charge is 0.238 e. The summed E-state index contributed by atoms with van der Waals surface area (Å²) >= 11 is 6.15. The van der Waals surface area contributed by atoms with Crippen LogP contribution in [0, 0.1) is 5.82 Å². The second kappa shape index (κ2) is 8.29. The van der Waals surface area contributed by atoms with Gasteiger partial charge < -0.3 is 10.2 Å². The SMILES string of the molecule is CC(C)(NCC(=O)Nc1ccccc1N1CCCC1=O)c1ccc(F)cc1Cl. The molecule has 0 unspecified atom stereocenters. The monoisotopic (exact) mass is 403 g/mol. The van der Waals surface area contributed by atoms with Crippen molar-refractivity contribution in [2.45, 2.75) is 32.2 Å². The Morgan fingerprint density at radius 2 is 2.00 bits per heavy atom. The number of benzene rings is 2. The summed E-state index contributed by atoms with van der Waals surface area (Å²) in [7, 11) is 0. The maximum absolute atomic E-state index is 13.3. The van der Waals surface area contributed by atoms with E-state index < -0.39 is 11.4 Å². The van der Waals surface area contributed by atoms with Crippen molar-refractivity contribution >= 4 is 34.8 Å². The Bertz CT molecular complexity index is 901. The van der Waals surface area contributed by atoms with Crippen molar-refractivity contribution in [2.75, 3.05) is 23.3 Å². The number of hydrogen-bond donors (Lipinski definition) is 2. The summed E-state index contributed by atoms with van der Waals surface area (Å²) in [5.41, 5.74) is 1.37. The van der Waals surface area contributed by atoms with Crippen molar-refractivity contribution in [2.24, 2.45) is 0 Å². The van der Waals surface area contributed by atoms with E-state index in [1.807, 2.05) is 32.0 Å². The molecule has 2 aromatic carbocycles. The molecular formula is C21H23ClFN3O2. The van der Waals surface area contributed by atoms with Crippen molar-refractivity contribution in [3.63, 3.8) is 0 Å². The lowest BCUT2D eigenvalue weighted by Gasteiger charge is -2.28. The largest absolute Gasteiger partial charge is 0.323 e. The minimum absolute atomic E-state index is 0.0307. The molecular weight excluding hydrogens is 381 g/mol. The zero-order valence-electron chi connectivity index (χ0n) is 15.9. The van der Waals surface area contributed by atoms with Gasteiger partial charge in [0.2, 0.25) is 11.8 Å². The van der Waals surface area contributed by atoms with Crippen LogP contribution in [0.25, 0.3) is 0 Å². The molecule has 5 nitrogen and oxygen atoms in total. The number of nitrogens with one attached hydrogen (secondary N) is 2. The Morgan fingerprint density at radius 1 is 1.25 bits per heavy atom. The van der Waals surface area contributed by atoms with E-state index in [0.717, 1.165) is 6.42 Å². The molecule has 2 aromatic rings. The Balaban J connectivity index is 1.67. The number of para-hydroxylation sites is 2. The van der Waals surface area contributed by atoms with Gasteiger partial charge in [-0.15, -0.1) is 0 Å². The Kier molecular flexibility index (Phi) is 6.01. The molecule has 0 atom stereocenters. The predicted molar refractivity (Wildman–Crippen MR) is 109 cm³/mol. The fraction of sp³-hybridized carbons (Fsp3) is 0.333. The molecule has 3 rings (SSSR count). The summed E-state index contributed by atoms with van der Waals surface area (Å²) in [6.07, 6.45) is 1.34. The van der Waals surface area contributed by atoms with Crippen molar-refractivity contribution in [1.82, 2.24) is 5.32 Å². The van der Waals surface area contributed by atoms with Gasteiger partial charge in [0.1, 0.15) is 5.82 Å². The molecule has 0 saturated carbocycles. The summed E-state index contributed by atoms with van der Waals surface area (Å²) in [5, 5.41) is 6.32. The van der Waals surface area contributed by atoms with Gasteiger partial charge in [-0.05, 0) is 50.1 Å². The fourth-order valence-electron chi connectivity index (χ4n) is 3.30. The quantitative estimate of drug-likeness (QED) is 0.764. The van der Waals surface area contributed by atoms with E-state index in [0.29, 0.717) is 34.9 Å². The first-order valence-electron chi connectivity index (χ1n) is 9.18. The number of halogens is 2. The van der Waals surface area contributed by atoms with E-state index in [-0.39, 0.29) is 18.4 Å². The topological polar surface area (TPSA) is 61.4 Å². The second-order valence-electron chi connectivity index (χ2n) is 7.32. The highest BCUT2D eigenvalue weighted by Crippen LogP contribution is 2.30. The van der Waals surface area contributed by atoms with Crippen molar-refractivity contribution < 1.29 is 14.0 Å². The zero-order chi connectivity index (χ0) is 20.3. The Hall–Kier alpha value is -2.44. The lowest BCUT2D eigenvalue weighted by atomic mass is 9.94. The minimum Gasteiger partial charge on any atom is -0.323 e. The van der Waals surface area contributed by atoms with Gasteiger partial charge in [0.15, 0.2) is 0 Å². The van der Waals surface area contributed by atoms with E-state index in [1.54, 1.807) is 17.0 Å². The summed E-state index contributed by atoms with van der Waals surface area (Å²) in [5.74, 6) is -0.590. The van der Waals surface area contributed by atoms with Crippen LogP contribution in [0.4, 0.5) is 15.8 Å². The minimum atomic E-state index is -0.632. The van der Waals surface area contributed by atoms with Gasteiger partial charge in [0.05, 0.1) is 17.9 Å². The van der Waals surface area contributed by atoms with Crippen molar-refractivity contribution in [1.29, 1.82) is 0 Å². The Morgan fingerprint density at radius 3 is 2.68 bits per heavy atom. The molecule has 148 valence electrons. The summed E-state index contributed by atoms with van der Waals surface area (Å²) < 4.78 is 13.3. The van der Waals surface area contributed by atoms with E-state index >= 15 is 0 Å². The number of carbonyl (C=O) groups is 2. The van der Waals surface area contributed by atoms with Gasteiger partial charge in [0.25, 0.3) is 0 Å². The first-order valence-corrected chi connectivity index (χ1v) is 9.55. The third-order valence-electron chi connectivity index (χ3n) is 4.84. The lowest BCUT2D eigenvalue weighted by Crippen LogP contribution is -2.41. The van der Waals surface area contributed by atoms with Crippen molar-refractivity contribution in [3.05, 3.63) is 58.9 Å². The molecule has 1 aliphatic heterocycles. The molecule has 0 radical (unpaired) electrons. The number of nitrogens with zero attached hydrogens (tertiary/aromatic N) is 1. The maximum atomic E-state index is 13.3. The van der Waals surface area contributed by atoms with Gasteiger partial charge in [-0.25, -0.2) is 4.39 Å². The van der Waals surface area contributed by atoms with Crippen LogP contribution in [0.3, 0.4) is 0 Å². The third kappa shape index (κ3) is 4.51. The maximum Gasteiger partial charge on any atom is 0.238 e. The third-order valence-corrected chi connectivity index (χ3v) is 5.15. The average molecular weight is 404 g/mol. The van der Waals surface area contributed by atoms with Crippen LogP contribution in [0.5, 0.6) is 0 Å². The summed E-state index contributed by atoms with van der Waals surface area (Å²) in [4.78, 5) is 26.3. The fourth-order valence-corrected chi connectivity index (χ4v) is 3.71. The molecule has 0 aliphatic carbocycles. The molecule has 1 saturated heterocycles. The highest BCUT2D eigenvalue weighted by atomic mass is 35.5. The van der Waals surface area contributed by atoms with Crippen LogP contribution in [0.15, 0.2) is 42.5 Å². The number of carbonyl (C=O) groups excluding carboxylic acids is 2. The van der Waals surface area contributed by atoms with Crippen LogP contribution in [0.2, 0.25) is 5.02 Å². The van der Waals surface area contributed by atoms with Crippen LogP contribution in [0.1, 0.15) is 32.3 Å². The number of anilines is 2. The first-order chi connectivity index (χ1) is 13.3. The van der Waals surface area contributed by atoms with Gasteiger partial charge in [-0.2, -0.15) is 0 Å².